The number of anilines is 1. The second-order valence-electron chi connectivity index (χ2n) is 14.8. The highest BCUT2D eigenvalue weighted by molar-refractivity contribution is 7.22. The average molecular weight is 828 g/mol. The molecule has 2 aliphatic rings. The predicted molar refractivity (Wildman–Crippen MR) is 229 cm³/mol. The lowest BCUT2D eigenvalue weighted by molar-refractivity contribution is -0.145. The minimum Gasteiger partial charge on any atom is -0.491 e. The Morgan fingerprint density at radius 3 is 2.07 bits per heavy atom. The number of nitrogens with two attached hydrogens (primary N) is 1. The van der Waals surface area contributed by atoms with E-state index in [9.17, 15) is 14.4 Å². The number of rotatable bonds is 19. The molecule has 0 saturated heterocycles. The van der Waals surface area contributed by atoms with Gasteiger partial charge in [0.1, 0.15) is 30.5 Å². The number of benzene rings is 3. The number of hydrogen-bond donors (Lipinski definition) is 2. The van der Waals surface area contributed by atoms with Crippen molar-refractivity contribution in [2.45, 2.75) is 77.0 Å². The van der Waals surface area contributed by atoms with Crippen molar-refractivity contribution in [1.82, 2.24) is 4.98 Å². The van der Waals surface area contributed by atoms with Gasteiger partial charge in [-0.25, -0.2) is 9.78 Å². The highest BCUT2D eigenvalue weighted by Crippen LogP contribution is 2.39. The molecule has 0 radical (unpaired) electrons. The highest BCUT2D eigenvalue weighted by atomic mass is 32.1. The summed E-state index contributed by atoms with van der Waals surface area (Å²) in [6.45, 7) is 7.50. The molecule has 2 saturated carbocycles. The topological polar surface area (TPSA) is 169 Å². The lowest BCUT2D eigenvalue weighted by Crippen LogP contribution is -2.30. The van der Waals surface area contributed by atoms with Crippen LogP contribution in [0.15, 0.2) is 79.4 Å². The van der Waals surface area contributed by atoms with Crippen molar-refractivity contribution in [1.29, 1.82) is 5.41 Å². The van der Waals surface area contributed by atoms with Crippen molar-refractivity contribution in [3.05, 3.63) is 90.5 Å². The molecular weight excluding hydrogens is 771 g/mol. The molecule has 3 aromatic carbocycles. The first-order valence-electron chi connectivity index (χ1n) is 20.6. The molecule has 0 atom stereocenters. The van der Waals surface area contributed by atoms with Gasteiger partial charge in [0.2, 0.25) is 0 Å². The lowest BCUT2D eigenvalue weighted by Gasteiger charge is -2.29. The molecule has 6 rings (SSSR count). The summed E-state index contributed by atoms with van der Waals surface area (Å²) in [4.78, 5) is 41.0. The summed E-state index contributed by atoms with van der Waals surface area (Å²) < 4.78 is 33.8. The van der Waals surface area contributed by atoms with Gasteiger partial charge in [-0.2, -0.15) is 0 Å². The first-order valence-corrected chi connectivity index (χ1v) is 21.4. The molecule has 1 aromatic heterocycles. The Hall–Kier alpha value is -5.11. The minimum atomic E-state index is -0.479. The average Bonchev–Trinajstić information content (AvgIpc) is 3.65. The van der Waals surface area contributed by atoms with E-state index in [4.69, 9.17) is 39.6 Å². The quantitative estimate of drug-likeness (QED) is 0.0304. The number of para-hydroxylation sites is 1. The second kappa shape index (κ2) is 24.1. The van der Waals surface area contributed by atoms with E-state index < -0.39 is 5.97 Å². The van der Waals surface area contributed by atoms with Gasteiger partial charge in [0.25, 0.3) is 0 Å². The zero-order valence-corrected chi connectivity index (χ0v) is 34.8. The number of aromatic nitrogens is 1. The molecule has 1 heterocycles. The van der Waals surface area contributed by atoms with Gasteiger partial charge in [0.05, 0.1) is 48.5 Å². The molecule has 0 spiro atoms. The van der Waals surface area contributed by atoms with E-state index in [1.54, 1.807) is 24.3 Å². The van der Waals surface area contributed by atoms with E-state index >= 15 is 0 Å². The maximum atomic E-state index is 13.1. The number of esters is 3. The van der Waals surface area contributed by atoms with Crippen LogP contribution in [0.1, 0.15) is 88.2 Å². The van der Waals surface area contributed by atoms with E-state index in [-0.39, 0.29) is 37.0 Å². The second-order valence-corrected chi connectivity index (χ2v) is 15.8. The fourth-order valence-corrected chi connectivity index (χ4v) is 8.20. The molecular formula is C46H57N3O9S. The molecule has 0 aliphatic heterocycles. The summed E-state index contributed by atoms with van der Waals surface area (Å²) in [6.07, 6.45) is 11.9. The Kier molecular flexibility index (Phi) is 18.4. The Bertz CT molecular complexity index is 1920. The number of hydrogen-bond acceptors (Lipinski definition) is 13. The smallest absolute Gasteiger partial charge is 0.330 e. The standard InChI is InChI=1S/C39H51NO9.C7H6N2S/c1-3-5-28-6-8-29(9-7-28)32-14-19-36(33(26-32)27-40)49-39(43)31-12-10-30(11-13-31)38(42)48-35-17-15-34(16-18-35)46-24-22-44-20-21-45-23-25-47-37(41)4-2;8-7-9-5-3-1-2-4-6(5)10-7/h4,14-19,26-31,40H,2-3,5-13,20-25H2,1H3;1-4H,(H2,8,9). The summed E-state index contributed by atoms with van der Waals surface area (Å²) >= 11 is 1.52. The summed E-state index contributed by atoms with van der Waals surface area (Å²) in [5.41, 5.74) is 8.34. The van der Waals surface area contributed by atoms with Gasteiger partial charge in [-0.1, -0.05) is 55.9 Å². The summed E-state index contributed by atoms with van der Waals surface area (Å²) in [7, 11) is 0. The molecule has 4 aromatic rings. The van der Waals surface area contributed by atoms with Gasteiger partial charge >= 0.3 is 17.9 Å². The molecule has 13 heteroatoms. The van der Waals surface area contributed by atoms with Crippen molar-refractivity contribution in [3.8, 4) is 17.2 Å². The van der Waals surface area contributed by atoms with Crippen LogP contribution >= 0.6 is 11.3 Å². The third kappa shape index (κ3) is 14.6. The van der Waals surface area contributed by atoms with E-state index in [1.807, 2.05) is 36.4 Å². The van der Waals surface area contributed by atoms with Crippen LogP contribution in [-0.4, -0.2) is 68.7 Å². The fraction of sp³-hybridized carbons (Fsp3) is 0.457. The van der Waals surface area contributed by atoms with E-state index in [0.717, 1.165) is 22.2 Å². The van der Waals surface area contributed by atoms with Gasteiger partial charge in [-0.05, 0) is 117 Å². The van der Waals surface area contributed by atoms with E-state index in [1.165, 1.54) is 61.6 Å². The van der Waals surface area contributed by atoms with Crippen LogP contribution < -0.4 is 19.9 Å². The van der Waals surface area contributed by atoms with Crippen molar-refractivity contribution in [2.75, 3.05) is 45.4 Å². The number of thiazole rings is 1. The number of ether oxygens (including phenoxy) is 6. The molecule has 3 N–H and O–H groups in total. The zero-order valence-electron chi connectivity index (χ0n) is 33.9. The molecule has 12 nitrogen and oxygen atoms in total. The van der Waals surface area contributed by atoms with Crippen molar-refractivity contribution in [3.63, 3.8) is 0 Å². The largest absolute Gasteiger partial charge is 0.491 e. The monoisotopic (exact) mass is 827 g/mol. The summed E-state index contributed by atoms with van der Waals surface area (Å²) in [5, 5.41) is 8.58. The van der Waals surface area contributed by atoms with E-state index in [0.29, 0.717) is 86.0 Å². The van der Waals surface area contributed by atoms with Crippen LogP contribution in [0.2, 0.25) is 0 Å². The zero-order chi connectivity index (χ0) is 41.8. The third-order valence-corrected chi connectivity index (χ3v) is 11.5. The Balaban J connectivity index is 0.000000570. The van der Waals surface area contributed by atoms with Crippen LogP contribution in [0.3, 0.4) is 0 Å². The van der Waals surface area contributed by atoms with Gasteiger partial charge in [0, 0.05) is 17.9 Å². The number of nitrogens with one attached hydrogen (secondary N) is 1. The SMILES string of the molecule is C=CC(=O)OCCOCCOCCOc1ccc(OC(=O)C2CCC(C(=O)Oc3ccc(C4CCC(CCC)CC4)cc3C=N)CC2)cc1.Nc1nc2ccccc2s1. The summed E-state index contributed by atoms with van der Waals surface area (Å²) in [6, 6.07) is 20.7. The molecule has 2 fully saturated rings. The molecule has 0 bridgehead atoms. The summed E-state index contributed by atoms with van der Waals surface area (Å²) in [5.74, 6) is 1.15. The molecule has 59 heavy (non-hydrogen) atoms. The number of nitrogens with zero attached hydrogens (tertiary/aromatic N) is 1. The highest BCUT2D eigenvalue weighted by Gasteiger charge is 2.32. The maximum Gasteiger partial charge on any atom is 0.330 e. The van der Waals surface area contributed by atoms with Crippen LogP contribution in [0.4, 0.5) is 5.13 Å². The van der Waals surface area contributed by atoms with E-state index in [2.05, 4.69) is 24.6 Å². The minimum absolute atomic E-state index is 0.167. The maximum absolute atomic E-state index is 13.1. The predicted octanol–water partition coefficient (Wildman–Crippen LogP) is 9.10. The molecule has 316 valence electrons. The molecule has 0 unspecified atom stereocenters. The van der Waals surface area contributed by atoms with Gasteiger partial charge in [-0.15, -0.1) is 0 Å². The van der Waals surface area contributed by atoms with Crippen LogP contribution in [0.5, 0.6) is 17.2 Å². The first-order chi connectivity index (χ1) is 28.8. The Morgan fingerprint density at radius 2 is 1.42 bits per heavy atom. The molecule has 0 amide bonds. The molecule has 2 aliphatic carbocycles. The normalized spacial score (nSPS) is 18.8. The number of carbonyl (C=O) groups is 3. The first kappa shape index (κ1) is 45.0. The fourth-order valence-electron chi connectivity index (χ4n) is 7.47. The van der Waals surface area contributed by atoms with Gasteiger partial charge in [-0.3, -0.25) is 9.59 Å². The lowest BCUT2D eigenvalue weighted by atomic mass is 9.77. The Labute approximate surface area is 350 Å². The third-order valence-electron chi connectivity index (χ3n) is 10.7. The van der Waals surface area contributed by atoms with Crippen molar-refractivity contribution >= 4 is 50.8 Å². The van der Waals surface area contributed by atoms with Crippen molar-refractivity contribution in [2.24, 2.45) is 17.8 Å². The number of carbonyl (C=O) groups excluding carboxylic acids is 3. The Morgan fingerprint density at radius 1 is 0.797 bits per heavy atom. The van der Waals surface area contributed by atoms with Gasteiger partial charge in [0.15, 0.2) is 5.13 Å². The van der Waals surface area contributed by atoms with Gasteiger partial charge < -0.3 is 39.6 Å². The van der Waals surface area contributed by atoms with Crippen LogP contribution in [0.25, 0.3) is 10.2 Å². The number of nitrogen functional groups attached to an aromatic ring is 1. The number of fused-ring (bicyclic) bond motifs is 1. The van der Waals surface area contributed by atoms with Crippen molar-refractivity contribution < 1.29 is 42.8 Å². The van der Waals surface area contributed by atoms with Crippen LogP contribution in [0, 0.1) is 23.2 Å². The van der Waals surface area contributed by atoms with Crippen LogP contribution in [-0.2, 0) is 28.6 Å².